The highest BCUT2D eigenvalue weighted by Gasteiger charge is 2.64. The molecule has 6 saturated carbocycles. The second-order valence-corrected chi connectivity index (χ2v) is 40.7. The summed E-state index contributed by atoms with van der Waals surface area (Å²) in [6.07, 6.45) is 7.82. The van der Waals surface area contributed by atoms with E-state index in [0.717, 1.165) is 63.4 Å². The van der Waals surface area contributed by atoms with E-state index in [0.29, 0.717) is 67.4 Å². The van der Waals surface area contributed by atoms with Gasteiger partial charge < -0.3 is 43.8 Å². The predicted octanol–water partition coefficient (Wildman–Crippen LogP) is 24.9. The van der Waals surface area contributed by atoms with Crippen molar-refractivity contribution in [2.75, 3.05) is 24.7 Å². The van der Waals surface area contributed by atoms with Crippen LogP contribution in [0.2, 0.25) is 0 Å². The van der Waals surface area contributed by atoms with Gasteiger partial charge in [0, 0.05) is 34.8 Å². The van der Waals surface area contributed by atoms with Gasteiger partial charge in [-0.25, -0.2) is 13.2 Å². The summed E-state index contributed by atoms with van der Waals surface area (Å²) in [5.41, 5.74) is 6.20. The smallest absolute Gasteiger partial charge is 0.426 e. The zero-order valence-corrected chi connectivity index (χ0v) is 77.5. The number of phenols is 1. The van der Waals surface area contributed by atoms with Gasteiger partial charge in [-0.05, 0) is 322 Å². The number of ether oxygens (including phenoxy) is 6. The fraction of sp³-hybridized carbons (Fsp3) is 0.510. The minimum Gasteiger partial charge on any atom is -0.748 e. The molecule has 23 heteroatoms. The molecule has 1 heterocycles. The first kappa shape index (κ1) is 97.1. The van der Waals surface area contributed by atoms with E-state index >= 15 is 0 Å². The third kappa shape index (κ3) is 26.4. The number of nitrogens with two attached hydrogens (primary N) is 1. The van der Waals surface area contributed by atoms with Crippen molar-refractivity contribution in [1.82, 2.24) is 0 Å². The molecule has 0 aliphatic heterocycles. The fourth-order valence-electron chi connectivity index (χ4n) is 16.0. The molecule has 0 amide bonds. The van der Waals surface area contributed by atoms with Crippen molar-refractivity contribution >= 4 is 121 Å². The lowest BCUT2D eigenvalue weighted by Gasteiger charge is -2.60. The van der Waals surface area contributed by atoms with Crippen molar-refractivity contribution in [1.29, 1.82) is 0 Å². The summed E-state index contributed by atoms with van der Waals surface area (Å²) in [5, 5.41) is 11.9. The number of rotatable bonds is 24. The highest BCUT2D eigenvalue weighted by Crippen LogP contribution is 2.64. The van der Waals surface area contributed by atoms with Crippen LogP contribution in [0, 0.1) is 40.6 Å². The van der Waals surface area contributed by atoms with Crippen LogP contribution in [0.15, 0.2) is 170 Å². The number of fused-ring (bicyclic) bond motifs is 3. The van der Waals surface area contributed by atoms with Crippen molar-refractivity contribution in [2.24, 2.45) is 33.5 Å². The number of esters is 5. The van der Waals surface area contributed by atoms with Gasteiger partial charge in [0.1, 0.15) is 41.5 Å². The minimum absolute atomic E-state index is 0.00100. The molecule has 1 aromatic heterocycles. The van der Waals surface area contributed by atoms with E-state index in [1.54, 1.807) is 26.0 Å². The van der Waals surface area contributed by atoms with Crippen LogP contribution in [-0.2, 0) is 58.6 Å². The Morgan fingerprint density at radius 3 is 1.60 bits per heavy atom. The lowest BCUT2D eigenvalue weighted by Crippen LogP contribution is -2.61. The van der Waals surface area contributed by atoms with Crippen molar-refractivity contribution in [3.05, 3.63) is 199 Å². The van der Waals surface area contributed by atoms with Crippen LogP contribution < -0.4 is 10.5 Å². The topological polar surface area (TPSA) is 244 Å². The van der Waals surface area contributed by atoms with Gasteiger partial charge in [-0.3, -0.25) is 19.2 Å². The highest BCUT2D eigenvalue weighted by atomic mass is 127. The van der Waals surface area contributed by atoms with Gasteiger partial charge in [0.05, 0.1) is 48.8 Å². The molecule has 4 bridgehead atoms. The second-order valence-electron chi connectivity index (χ2n) is 34.9. The Bertz CT molecular complexity index is 4740. The Morgan fingerprint density at radius 2 is 1.08 bits per heavy atom. The molecule has 14 rings (SSSR count). The quantitative estimate of drug-likeness (QED) is 0.0109. The van der Waals surface area contributed by atoms with Gasteiger partial charge in [-0.1, -0.05) is 146 Å². The summed E-state index contributed by atoms with van der Waals surface area (Å²) in [6.45, 7) is 27.9. The average molecular weight is 1900 g/mol. The largest absolute Gasteiger partial charge is 0.748 e. The number of benzene rings is 7. The van der Waals surface area contributed by atoms with Gasteiger partial charge >= 0.3 is 36.0 Å². The van der Waals surface area contributed by atoms with E-state index < -0.39 is 73.3 Å². The number of anilines is 1. The van der Waals surface area contributed by atoms with Crippen molar-refractivity contribution in [3.63, 3.8) is 0 Å². The molecule has 119 heavy (non-hydrogen) atoms. The number of hydrogen-bond acceptors (Lipinski definition) is 16. The maximum Gasteiger partial charge on any atom is 0.426 e. The van der Waals surface area contributed by atoms with E-state index in [9.17, 15) is 50.1 Å². The monoisotopic (exact) mass is 1900 g/mol. The molecule has 3 N–H and O–H groups in total. The van der Waals surface area contributed by atoms with Crippen molar-refractivity contribution in [2.45, 2.75) is 260 Å². The van der Waals surface area contributed by atoms with E-state index in [1.807, 2.05) is 90.9 Å². The van der Waals surface area contributed by atoms with Crippen LogP contribution in [0.1, 0.15) is 258 Å². The third-order valence-corrected chi connectivity index (χ3v) is 29.1. The third-order valence-electron chi connectivity index (χ3n) is 24.5. The first-order chi connectivity index (χ1) is 56.0. The van der Waals surface area contributed by atoms with Crippen LogP contribution in [-0.4, -0.2) is 90.4 Å². The molecular formula is C96H122F3I2NO15S2. The zero-order chi connectivity index (χ0) is 87.5. The normalized spacial score (nSPS) is 19.6. The summed E-state index contributed by atoms with van der Waals surface area (Å²) in [6, 6.07) is 58.3. The van der Waals surface area contributed by atoms with Gasteiger partial charge in [0.2, 0.25) is 6.10 Å². The van der Waals surface area contributed by atoms with Gasteiger partial charge in [-0.15, -0.1) is 0 Å². The van der Waals surface area contributed by atoms with Crippen molar-refractivity contribution < 1.29 is 83.6 Å². The van der Waals surface area contributed by atoms with Gasteiger partial charge in [-0.2, -0.15) is 13.2 Å². The number of aromatic hydroxyl groups is 1. The first-order valence-electron chi connectivity index (χ1n) is 41.9. The van der Waals surface area contributed by atoms with E-state index in [1.165, 1.54) is 68.3 Å². The van der Waals surface area contributed by atoms with Crippen LogP contribution in [0.5, 0.6) is 11.5 Å². The van der Waals surface area contributed by atoms with Crippen LogP contribution in [0.4, 0.5) is 18.9 Å². The van der Waals surface area contributed by atoms with Gasteiger partial charge in [0.15, 0.2) is 14.3 Å². The Hall–Kier alpha value is -7.33. The molecule has 0 saturated heterocycles. The molecular weight excluding hydrogens is 1780 g/mol. The molecule has 8 aromatic rings. The van der Waals surface area contributed by atoms with Crippen LogP contribution in [0.3, 0.4) is 0 Å². The van der Waals surface area contributed by atoms with E-state index in [4.69, 9.17) is 34.5 Å². The van der Waals surface area contributed by atoms with E-state index in [2.05, 4.69) is 200 Å². The predicted molar refractivity (Wildman–Crippen MR) is 484 cm³/mol. The molecule has 5 atom stereocenters. The van der Waals surface area contributed by atoms with Gasteiger partial charge in [0.25, 0.3) is 0 Å². The van der Waals surface area contributed by atoms with Crippen molar-refractivity contribution in [3.8, 4) is 16.4 Å². The summed E-state index contributed by atoms with van der Waals surface area (Å²) in [5.74, 6) is -1.74. The van der Waals surface area contributed by atoms with Crippen LogP contribution >= 0.6 is 55.7 Å². The number of phenolic OH excluding ortho intramolecular Hbond substituents is 1. The summed E-state index contributed by atoms with van der Waals surface area (Å²) in [7, 11) is -5.21. The SMILES string of the molecule is CCC(C)(C)C(=O)OC1(c2ccccc2)CCCC1.CCC(C)(C)C(=O)OC12CC3CC(C1)CC(C(=O)OC(CS(=O)(=O)[O-])C(F)(F)F)(C3)C2.CCC(C)(C)C(=O)OCCOC(=O)c1cc(I)cc(I)c1N.CCC(C)c1ccc(OC2(C)CCCC2)cc1.CCC(C)c1cccc(O)c1.c1ccc(-[s+]2c3ccccc3c3ccccc32)cc1. The number of alkyl halides is 3. The number of thiophene rings is 1. The molecule has 7 aromatic carbocycles. The minimum atomic E-state index is -5.27. The summed E-state index contributed by atoms with van der Waals surface area (Å²) >= 11 is 4.18. The molecule has 5 unspecified atom stereocenters. The maximum atomic E-state index is 13.3. The Balaban J connectivity index is 0.000000182. The molecule has 6 aliphatic rings. The molecule has 648 valence electrons. The maximum absolute atomic E-state index is 13.3. The summed E-state index contributed by atoms with van der Waals surface area (Å²) in [4.78, 5) is 63.3. The fourth-order valence-corrected chi connectivity index (χ4v) is 20.9. The molecule has 6 fully saturated rings. The number of halogens is 5. The lowest BCUT2D eigenvalue weighted by molar-refractivity contribution is -0.239. The first-order valence-corrected chi connectivity index (χ1v) is 46.8. The zero-order valence-electron chi connectivity index (χ0n) is 71.6. The molecule has 0 spiro atoms. The number of carbonyl (C=O) groups excluding carboxylic acids is 5. The van der Waals surface area contributed by atoms with Crippen LogP contribution in [0.25, 0.3) is 25.1 Å². The van der Waals surface area contributed by atoms with E-state index in [-0.39, 0.29) is 65.1 Å². The highest BCUT2D eigenvalue weighted by molar-refractivity contribution is 14.1. The lowest BCUT2D eigenvalue weighted by atomic mass is 9.48. The summed E-state index contributed by atoms with van der Waals surface area (Å²) < 4.78 is 110. The number of nitrogen functional groups attached to an aromatic ring is 1. The Kier molecular flexibility index (Phi) is 34.4. The molecule has 0 radical (unpaired) electrons. The Labute approximate surface area is 733 Å². The standard InChI is InChI=1S/C20H29F3O7S.C18H13S.C17H24O2.C16H24O.C15H19I2NO4.C10H14O/c1-4-17(2,3)15(24)30-19-8-12-5-13(9-19)7-18(6-12,11-19)16(25)29-14(20(21,22)23)10-31(26,27)28;1-2-8-14(9-3-1)19-17-12-6-4-10-15(17)16-11-5-7-13-18(16)19;1-4-16(2,3)15(18)19-17(12-8-9-13-17)14-10-6-5-7-11-14;1-4-13(2)14-7-9-15(10-8-14)17-16(3)11-5-6-12-16;1-4-15(2,3)14(20)22-6-5-21-13(19)10-7-9(16)8-11(17)12(10)18;1-3-8(2)9-5-4-6-10(11)7-9/h12-14H,4-11H2,1-3H3,(H,26,27,28);1-13H;5-7,10-11H,4,8-9,12-13H2,1-3H3;7-10,13H,4-6,11-12H2,1-3H3;7-8H,4-6,18H2,1-3H3;4-8,11H,3H2,1-2H3/q;+1;;;;/p-1. The molecule has 6 aliphatic carbocycles. The number of hydrogen-bond donors (Lipinski definition) is 2. The molecule has 16 nitrogen and oxygen atoms in total. The Morgan fingerprint density at radius 1 is 0.597 bits per heavy atom. The average Bonchev–Trinajstić information content (AvgIpc) is 1.47. The second kappa shape index (κ2) is 42.2. The number of carbonyl (C=O) groups is 5.